The van der Waals surface area contributed by atoms with Crippen LogP contribution in [-0.2, 0) is 6.54 Å². The Morgan fingerprint density at radius 2 is 2.05 bits per heavy atom. The Balaban J connectivity index is 2.06. The van der Waals surface area contributed by atoms with Crippen molar-refractivity contribution in [2.45, 2.75) is 49.5 Å². The molecule has 0 spiro atoms. The van der Waals surface area contributed by atoms with Crippen molar-refractivity contribution < 1.29 is 5.11 Å². The van der Waals surface area contributed by atoms with E-state index in [1.165, 1.54) is 10.5 Å². The van der Waals surface area contributed by atoms with Gasteiger partial charge in [0.05, 0.1) is 6.10 Å². The Bertz CT molecular complexity index is 417. The van der Waals surface area contributed by atoms with Crippen molar-refractivity contribution in [1.82, 2.24) is 4.90 Å². The number of hydrogen-bond acceptors (Lipinski definition) is 3. The van der Waals surface area contributed by atoms with Crippen LogP contribution in [0.15, 0.2) is 27.6 Å². The number of halogens is 1. The molecule has 0 aliphatic carbocycles. The number of rotatable bonds is 4. The number of hydrogen-bond donors (Lipinski definition) is 1. The second-order valence-corrected chi connectivity index (χ2v) is 7.96. The molecule has 0 amide bonds. The van der Waals surface area contributed by atoms with Crippen LogP contribution in [0.2, 0.25) is 0 Å². The third kappa shape index (κ3) is 4.78. The predicted molar refractivity (Wildman–Crippen MR) is 85.7 cm³/mol. The molecule has 0 bridgehead atoms. The number of aliphatic hydroxyl groups is 1. The molecule has 0 saturated carbocycles. The van der Waals surface area contributed by atoms with Gasteiger partial charge in [0.1, 0.15) is 0 Å². The molecular weight excluding hydrogens is 322 g/mol. The minimum Gasteiger partial charge on any atom is -0.393 e. The van der Waals surface area contributed by atoms with Crippen LogP contribution in [0.5, 0.6) is 0 Å². The molecular formula is C15H22BrNOS. The zero-order chi connectivity index (χ0) is 13.8. The molecule has 19 heavy (non-hydrogen) atoms. The fraction of sp³-hybridized carbons (Fsp3) is 0.600. The van der Waals surface area contributed by atoms with Crippen molar-refractivity contribution >= 4 is 27.7 Å². The second kappa shape index (κ2) is 7.11. The summed E-state index contributed by atoms with van der Waals surface area (Å²) in [6.07, 6.45) is 1.72. The highest BCUT2D eigenvalue weighted by molar-refractivity contribution is 9.10. The molecule has 1 heterocycles. The van der Waals surface area contributed by atoms with E-state index in [1.54, 1.807) is 0 Å². The highest BCUT2D eigenvalue weighted by Gasteiger charge is 2.18. The normalized spacial score (nSPS) is 18.2. The van der Waals surface area contributed by atoms with E-state index in [0.29, 0.717) is 5.25 Å². The SMILES string of the molecule is CC(C)Sc1cc(Br)ccc1CN1CCC(O)CC1. The van der Waals surface area contributed by atoms with Gasteiger partial charge in [0.15, 0.2) is 0 Å². The molecule has 0 unspecified atom stereocenters. The van der Waals surface area contributed by atoms with Gasteiger partial charge in [-0.3, -0.25) is 4.90 Å². The Hall–Kier alpha value is -0.0300. The Morgan fingerprint density at radius 1 is 1.37 bits per heavy atom. The van der Waals surface area contributed by atoms with Crippen LogP contribution in [0, 0.1) is 0 Å². The van der Waals surface area contributed by atoms with Crippen LogP contribution in [0.3, 0.4) is 0 Å². The van der Waals surface area contributed by atoms with E-state index in [2.05, 4.69) is 52.9 Å². The minimum absolute atomic E-state index is 0.0920. The second-order valence-electron chi connectivity index (χ2n) is 5.43. The predicted octanol–water partition coefficient (Wildman–Crippen LogP) is 3.91. The van der Waals surface area contributed by atoms with Crippen molar-refractivity contribution in [2.75, 3.05) is 13.1 Å². The summed E-state index contributed by atoms with van der Waals surface area (Å²) in [7, 11) is 0. The third-order valence-corrected chi connectivity index (χ3v) is 4.94. The monoisotopic (exact) mass is 343 g/mol. The van der Waals surface area contributed by atoms with Crippen molar-refractivity contribution in [3.8, 4) is 0 Å². The smallest absolute Gasteiger partial charge is 0.0564 e. The van der Waals surface area contributed by atoms with Gasteiger partial charge in [0.25, 0.3) is 0 Å². The van der Waals surface area contributed by atoms with Gasteiger partial charge in [-0.1, -0.05) is 35.8 Å². The van der Waals surface area contributed by atoms with E-state index in [1.807, 2.05) is 11.8 Å². The van der Waals surface area contributed by atoms with Crippen molar-refractivity contribution in [1.29, 1.82) is 0 Å². The van der Waals surface area contributed by atoms with Gasteiger partial charge in [0, 0.05) is 34.3 Å². The van der Waals surface area contributed by atoms with Crippen LogP contribution < -0.4 is 0 Å². The quantitative estimate of drug-likeness (QED) is 0.838. The zero-order valence-corrected chi connectivity index (χ0v) is 14.0. The molecule has 1 aromatic rings. The molecule has 1 aliphatic heterocycles. The van der Waals surface area contributed by atoms with Gasteiger partial charge in [-0.15, -0.1) is 11.8 Å². The highest BCUT2D eigenvalue weighted by atomic mass is 79.9. The van der Waals surface area contributed by atoms with Crippen LogP contribution >= 0.6 is 27.7 Å². The lowest BCUT2D eigenvalue weighted by Gasteiger charge is -2.30. The molecule has 2 rings (SSSR count). The van der Waals surface area contributed by atoms with Gasteiger partial charge in [-0.25, -0.2) is 0 Å². The number of piperidine rings is 1. The van der Waals surface area contributed by atoms with E-state index in [4.69, 9.17) is 0 Å². The standard InChI is InChI=1S/C15H22BrNOS/c1-11(2)19-15-9-13(16)4-3-12(15)10-17-7-5-14(18)6-8-17/h3-4,9,11,14,18H,5-8,10H2,1-2H3. The summed E-state index contributed by atoms with van der Waals surface area (Å²) in [5.41, 5.74) is 1.40. The average molecular weight is 344 g/mol. The molecule has 2 nitrogen and oxygen atoms in total. The van der Waals surface area contributed by atoms with Gasteiger partial charge in [-0.2, -0.15) is 0 Å². The molecule has 0 aromatic heterocycles. The molecule has 1 fully saturated rings. The summed E-state index contributed by atoms with van der Waals surface area (Å²) in [6.45, 7) is 7.46. The first kappa shape index (κ1) is 15.4. The first-order valence-electron chi connectivity index (χ1n) is 6.90. The lowest BCUT2D eigenvalue weighted by Crippen LogP contribution is -2.35. The summed E-state index contributed by atoms with van der Waals surface area (Å²) in [5.74, 6) is 0. The van der Waals surface area contributed by atoms with Crippen molar-refractivity contribution in [2.24, 2.45) is 0 Å². The van der Waals surface area contributed by atoms with Crippen molar-refractivity contribution in [3.63, 3.8) is 0 Å². The van der Waals surface area contributed by atoms with Gasteiger partial charge in [0.2, 0.25) is 0 Å². The third-order valence-electron chi connectivity index (χ3n) is 3.34. The summed E-state index contributed by atoms with van der Waals surface area (Å²) >= 11 is 5.48. The van der Waals surface area contributed by atoms with Gasteiger partial charge >= 0.3 is 0 Å². The number of likely N-dealkylation sites (tertiary alicyclic amines) is 1. The Morgan fingerprint density at radius 3 is 2.68 bits per heavy atom. The average Bonchev–Trinajstić information content (AvgIpc) is 2.34. The minimum atomic E-state index is -0.0920. The van der Waals surface area contributed by atoms with Crippen LogP contribution in [0.1, 0.15) is 32.3 Å². The number of nitrogens with zero attached hydrogens (tertiary/aromatic N) is 1. The maximum atomic E-state index is 9.57. The van der Waals surface area contributed by atoms with Gasteiger partial charge < -0.3 is 5.11 Å². The number of benzene rings is 1. The van der Waals surface area contributed by atoms with E-state index >= 15 is 0 Å². The van der Waals surface area contributed by atoms with E-state index in [9.17, 15) is 5.11 Å². The Kier molecular flexibility index (Phi) is 5.75. The maximum Gasteiger partial charge on any atom is 0.0564 e. The molecule has 0 radical (unpaired) electrons. The summed E-state index contributed by atoms with van der Waals surface area (Å²) in [5, 5.41) is 10.2. The molecule has 1 aromatic carbocycles. The Labute approximate surface area is 128 Å². The topological polar surface area (TPSA) is 23.5 Å². The molecule has 0 atom stereocenters. The molecule has 1 saturated heterocycles. The maximum absolute atomic E-state index is 9.57. The van der Waals surface area contributed by atoms with E-state index < -0.39 is 0 Å². The summed E-state index contributed by atoms with van der Waals surface area (Å²) in [6, 6.07) is 6.57. The largest absolute Gasteiger partial charge is 0.393 e. The van der Waals surface area contributed by atoms with Crippen LogP contribution in [0.4, 0.5) is 0 Å². The van der Waals surface area contributed by atoms with E-state index in [-0.39, 0.29) is 6.10 Å². The molecule has 1 aliphatic rings. The highest BCUT2D eigenvalue weighted by Crippen LogP contribution is 2.30. The van der Waals surface area contributed by atoms with E-state index in [0.717, 1.165) is 36.9 Å². The molecule has 1 N–H and O–H groups in total. The van der Waals surface area contributed by atoms with Crippen LogP contribution in [-0.4, -0.2) is 34.4 Å². The van der Waals surface area contributed by atoms with Crippen molar-refractivity contribution in [3.05, 3.63) is 28.2 Å². The molecule has 106 valence electrons. The first-order chi connectivity index (χ1) is 9.04. The lowest BCUT2D eigenvalue weighted by atomic mass is 10.1. The number of thioether (sulfide) groups is 1. The van der Waals surface area contributed by atoms with Crippen LogP contribution in [0.25, 0.3) is 0 Å². The number of aliphatic hydroxyl groups excluding tert-OH is 1. The fourth-order valence-electron chi connectivity index (χ4n) is 2.34. The zero-order valence-electron chi connectivity index (χ0n) is 11.6. The summed E-state index contributed by atoms with van der Waals surface area (Å²) in [4.78, 5) is 3.82. The van der Waals surface area contributed by atoms with Gasteiger partial charge in [-0.05, 0) is 30.5 Å². The molecule has 4 heteroatoms. The first-order valence-corrected chi connectivity index (χ1v) is 8.57. The fourth-order valence-corrected chi connectivity index (χ4v) is 3.84. The lowest BCUT2D eigenvalue weighted by molar-refractivity contribution is 0.0789. The summed E-state index contributed by atoms with van der Waals surface area (Å²) < 4.78 is 1.15.